The summed E-state index contributed by atoms with van der Waals surface area (Å²) in [6.45, 7) is 1.40. The summed E-state index contributed by atoms with van der Waals surface area (Å²) in [5, 5.41) is 13.6. The van der Waals surface area contributed by atoms with Gasteiger partial charge in [0.2, 0.25) is 0 Å². The third-order valence-corrected chi connectivity index (χ3v) is 5.31. The normalized spacial score (nSPS) is 18.2. The van der Waals surface area contributed by atoms with Gasteiger partial charge >= 0.3 is 0 Å². The quantitative estimate of drug-likeness (QED) is 0.689. The largest absolute Gasteiger partial charge is 0.354 e. The maximum absolute atomic E-state index is 13.4. The van der Waals surface area contributed by atoms with E-state index in [1.807, 2.05) is 23.1 Å². The molecule has 4 heterocycles. The van der Waals surface area contributed by atoms with Gasteiger partial charge in [0.25, 0.3) is 5.91 Å². The van der Waals surface area contributed by atoms with Crippen LogP contribution in [0.5, 0.6) is 0 Å². The summed E-state index contributed by atoms with van der Waals surface area (Å²) >= 11 is 0. The predicted octanol–water partition coefficient (Wildman–Crippen LogP) is 2.85. The summed E-state index contributed by atoms with van der Waals surface area (Å²) in [6, 6.07) is 12.8. The zero-order chi connectivity index (χ0) is 20.0. The van der Waals surface area contributed by atoms with E-state index < -0.39 is 6.17 Å². The molecule has 3 aromatic rings. The molecular formula is C21H17FN6O. The van der Waals surface area contributed by atoms with Crippen LogP contribution in [0.1, 0.15) is 28.0 Å². The lowest BCUT2D eigenvalue weighted by Gasteiger charge is -2.17. The van der Waals surface area contributed by atoms with Gasteiger partial charge in [-0.05, 0) is 36.8 Å². The minimum Gasteiger partial charge on any atom is -0.354 e. The average Bonchev–Trinajstić information content (AvgIpc) is 3.44. The molecule has 2 aliphatic rings. The van der Waals surface area contributed by atoms with Crippen LogP contribution in [0.3, 0.4) is 0 Å². The second kappa shape index (κ2) is 6.71. The molecule has 7 nitrogen and oxygen atoms in total. The van der Waals surface area contributed by atoms with Crippen LogP contribution >= 0.6 is 0 Å². The number of nitriles is 1. The first kappa shape index (κ1) is 17.4. The van der Waals surface area contributed by atoms with Crippen molar-refractivity contribution in [1.82, 2.24) is 14.8 Å². The number of hydrogen-bond donors (Lipinski definition) is 0. The standard InChI is InChI=1S/C21H17FN6O/c22-15-6-7-26(11-15)20-5-4-17(10-24-20)28-12-18-19(25-28)13-27(21(18)29)16-3-1-2-14(8-16)9-23/h1-5,8,10,12,15H,6-7,11,13H2/t15-/m1/s1. The Morgan fingerprint density at radius 2 is 2.10 bits per heavy atom. The van der Waals surface area contributed by atoms with E-state index in [4.69, 9.17) is 5.26 Å². The van der Waals surface area contributed by atoms with Crippen LogP contribution in [-0.2, 0) is 6.54 Å². The van der Waals surface area contributed by atoms with Crippen molar-refractivity contribution in [2.75, 3.05) is 22.9 Å². The van der Waals surface area contributed by atoms with Gasteiger partial charge in [-0.1, -0.05) is 6.07 Å². The Bertz CT molecular complexity index is 1130. The minimum atomic E-state index is -0.798. The number of carbonyl (C=O) groups excluding carboxylic acids is 1. The Hall–Kier alpha value is -3.73. The predicted molar refractivity (Wildman–Crippen MR) is 105 cm³/mol. The summed E-state index contributed by atoms with van der Waals surface area (Å²) in [4.78, 5) is 20.8. The first-order valence-corrected chi connectivity index (χ1v) is 9.38. The van der Waals surface area contributed by atoms with E-state index in [-0.39, 0.29) is 5.91 Å². The molecule has 1 amide bonds. The number of benzene rings is 1. The van der Waals surface area contributed by atoms with Gasteiger partial charge in [-0.3, -0.25) is 4.79 Å². The minimum absolute atomic E-state index is 0.142. The fraction of sp³-hybridized carbons (Fsp3) is 0.238. The molecule has 0 saturated carbocycles. The fourth-order valence-corrected chi connectivity index (χ4v) is 3.78. The monoisotopic (exact) mass is 388 g/mol. The Balaban J connectivity index is 1.37. The van der Waals surface area contributed by atoms with Crippen molar-refractivity contribution < 1.29 is 9.18 Å². The van der Waals surface area contributed by atoms with Crippen LogP contribution in [0.15, 0.2) is 48.8 Å². The van der Waals surface area contributed by atoms with E-state index in [1.54, 1.807) is 40.2 Å². The Labute approximate surface area is 166 Å². The number of pyridine rings is 1. The lowest BCUT2D eigenvalue weighted by molar-refractivity contribution is 0.0996. The highest BCUT2D eigenvalue weighted by Crippen LogP contribution is 2.29. The van der Waals surface area contributed by atoms with Gasteiger partial charge < -0.3 is 9.80 Å². The number of alkyl halides is 1. The van der Waals surface area contributed by atoms with Crippen molar-refractivity contribution >= 4 is 17.4 Å². The van der Waals surface area contributed by atoms with Crippen LogP contribution < -0.4 is 9.80 Å². The highest BCUT2D eigenvalue weighted by molar-refractivity contribution is 6.09. The molecule has 0 radical (unpaired) electrons. The van der Waals surface area contributed by atoms with Crippen LogP contribution in [0.4, 0.5) is 15.9 Å². The number of fused-ring (bicyclic) bond motifs is 1. The highest BCUT2D eigenvalue weighted by Gasteiger charge is 2.32. The van der Waals surface area contributed by atoms with Crippen LogP contribution in [0.25, 0.3) is 5.69 Å². The lowest BCUT2D eigenvalue weighted by atomic mass is 10.2. The highest BCUT2D eigenvalue weighted by atomic mass is 19.1. The number of hydrogen-bond acceptors (Lipinski definition) is 5. The van der Waals surface area contributed by atoms with Gasteiger partial charge in [0.1, 0.15) is 12.0 Å². The molecule has 144 valence electrons. The third kappa shape index (κ3) is 3.01. The summed E-state index contributed by atoms with van der Waals surface area (Å²) in [5.74, 6) is 0.602. The van der Waals surface area contributed by atoms with Crippen molar-refractivity contribution in [2.45, 2.75) is 19.1 Å². The summed E-state index contributed by atoms with van der Waals surface area (Å²) in [5.41, 5.74) is 3.15. The molecule has 2 aromatic heterocycles. The van der Waals surface area contributed by atoms with Gasteiger partial charge in [0.15, 0.2) is 0 Å². The molecule has 2 aliphatic heterocycles. The van der Waals surface area contributed by atoms with Gasteiger partial charge in [-0.25, -0.2) is 14.1 Å². The number of carbonyl (C=O) groups is 1. The number of nitrogens with zero attached hydrogens (tertiary/aromatic N) is 6. The number of anilines is 2. The molecular weight excluding hydrogens is 371 g/mol. The molecule has 1 fully saturated rings. The summed E-state index contributed by atoms with van der Waals surface area (Å²) in [7, 11) is 0. The van der Waals surface area contributed by atoms with Gasteiger partial charge in [-0.2, -0.15) is 10.4 Å². The molecule has 8 heteroatoms. The SMILES string of the molecule is N#Cc1cccc(N2Cc3nn(-c4ccc(N5CC[C@@H](F)C5)nc4)cc3C2=O)c1. The molecule has 0 N–H and O–H groups in total. The zero-order valence-corrected chi connectivity index (χ0v) is 15.5. The summed E-state index contributed by atoms with van der Waals surface area (Å²) in [6.07, 6.45) is 3.12. The molecule has 0 bridgehead atoms. The molecule has 29 heavy (non-hydrogen) atoms. The molecule has 0 spiro atoms. The van der Waals surface area contributed by atoms with Crippen molar-refractivity contribution in [2.24, 2.45) is 0 Å². The van der Waals surface area contributed by atoms with Crippen molar-refractivity contribution in [3.8, 4) is 11.8 Å². The maximum atomic E-state index is 13.4. The van der Waals surface area contributed by atoms with Crippen LogP contribution in [0, 0.1) is 11.3 Å². The number of aromatic nitrogens is 3. The van der Waals surface area contributed by atoms with Crippen LogP contribution in [0.2, 0.25) is 0 Å². The fourth-order valence-electron chi connectivity index (χ4n) is 3.78. The van der Waals surface area contributed by atoms with E-state index in [0.29, 0.717) is 48.6 Å². The van der Waals surface area contributed by atoms with Gasteiger partial charge in [-0.15, -0.1) is 0 Å². The van der Waals surface area contributed by atoms with E-state index in [0.717, 1.165) is 11.5 Å². The van der Waals surface area contributed by atoms with E-state index in [2.05, 4.69) is 16.2 Å². The molecule has 1 saturated heterocycles. The number of rotatable bonds is 3. The average molecular weight is 388 g/mol. The van der Waals surface area contributed by atoms with Gasteiger partial charge in [0.05, 0.1) is 47.9 Å². The third-order valence-electron chi connectivity index (χ3n) is 5.31. The second-order valence-electron chi connectivity index (χ2n) is 7.19. The van der Waals surface area contributed by atoms with Crippen molar-refractivity contribution in [1.29, 1.82) is 5.26 Å². The van der Waals surface area contributed by atoms with E-state index >= 15 is 0 Å². The number of amides is 1. The first-order chi connectivity index (χ1) is 14.1. The van der Waals surface area contributed by atoms with E-state index in [1.165, 1.54) is 0 Å². The van der Waals surface area contributed by atoms with Crippen LogP contribution in [-0.4, -0.2) is 39.9 Å². The topological polar surface area (TPSA) is 78.1 Å². The Kier molecular flexibility index (Phi) is 4.02. The Morgan fingerprint density at radius 1 is 1.21 bits per heavy atom. The molecule has 5 rings (SSSR count). The molecule has 1 atom stereocenters. The van der Waals surface area contributed by atoms with Crippen molar-refractivity contribution in [3.63, 3.8) is 0 Å². The smallest absolute Gasteiger partial charge is 0.262 e. The lowest BCUT2D eigenvalue weighted by Crippen LogP contribution is -2.24. The number of halogens is 1. The Morgan fingerprint density at radius 3 is 2.79 bits per heavy atom. The van der Waals surface area contributed by atoms with Crippen molar-refractivity contribution in [3.05, 3.63) is 65.6 Å². The zero-order valence-electron chi connectivity index (χ0n) is 15.5. The molecule has 1 aromatic carbocycles. The van der Waals surface area contributed by atoms with Gasteiger partial charge in [0, 0.05) is 18.4 Å². The summed E-state index contributed by atoms with van der Waals surface area (Å²) < 4.78 is 15.0. The first-order valence-electron chi connectivity index (χ1n) is 9.38. The molecule has 0 unspecified atom stereocenters. The second-order valence-corrected chi connectivity index (χ2v) is 7.19. The maximum Gasteiger partial charge on any atom is 0.262 e. The van der Waals surface area contributed by atoms with E-state index in [9.17, 15) is 9.18 Å². The molecule has 0 aliphatic carbocycles.